The molecule has 0 fully saturated rings. The predicted molar refractivity (Wildman–Crippen MR) is 76.9 cm³/mol. The van der Waals surface area contributed by atoms with Crippen molar-refractivity contribution in [1.82, 2.24) is 4.98 Å². The highest BCUT2D eigenvalue weighted by molar-refractivity contribution is 6.33. The third-order valence-corrected chi connectivity index (χ3v) is 2.85. The summed E-state index contributed by atoms with van der Waals surface area (Å²) < 4.78 is 4.92. The molecule has 2 aromatic rings. The number of aromatic hydroxyl groups is 1. The van der Waals surface area contributed by atoms with Crippen molar-refractivity contribution >= 4 is 34.8 Å². The Bertz CT molecular complexity index is 642. The van der Waals surface area contributed by atoms with Crippen LogP contribution in [0.2, 0.25) is 10.3 Å². The van der Waals surface area contributed by atoms with E-state index in [1.54, 1.807) is 6.07 Å². The van der Waals surface area contributed by atoms with Gasteiger partial charge < -0.3 is 15.2 Å². The van der Waals surface area contributed by atoms with Crippen molar-refractivity contribution in [2.24, 2.45) is 0 Å². The first-order valence-electron chi connectivity index (χ1n) is 5.51. The van der Waals surface area contributed by atoms with Gasteiger partial charge in [0.15, 0.2) is 11.5 Å². The number of halogens is 2. The number of benzene rings is 1. The summed E-state index contributed by atoms with van der Waals surface area (Å²) in [6, 6.07) is 7.30. The number of amides is 1. The molecule has 1 heterocycles. The lowest BCUT2D eigenvalue weighted by Crippen LogP contribution is -2.12. The molecule has 0 aliphatic heterocycles. The highest BCUT2D eigenvalue weighted by atomic mass is 35.5. The molecule has 0 aliphatic carbocycles. The number of nitrogens with zero attached hydrogens (tertiary/aromatic N) is 1. The van der Waals surface area contributed by atoms with Gasteiger partial charge >= 0.3 is 0 Å². The molecule has 1 aromatic carbocycles. The maximum absolute atomic E-state index is 12.0. The van der Waals surface area contributed by atoms with Crippen molar-refractivity contribution in [1.29, 1.82) is 0 Å². The minimum absolute atomic E-state index is 0.0731. The van der Waals surface area contributed by atoms with Gasteiger partial charge in [0.1, 0.15) is 10.3 Å². The van der Waals surface area contributed by atoms with Crippen LogP contribution in [0.4, 0.5) is 5.69 Å². The molecule has 2 N–H and O–H groups in total. The van der Waals surface area contributed by atoms with E-state index in [1.807, 2.05) is 0 Å². The third-order valence-electron chi connectivity index (χ3n) is 2.46. The SMILES string of the molecule is COc1ccc(NC(=O)c2cc(Cl)nc(Cl)c2)cc1O. The average molecular weight is 313 g/mol. The zero-order valence-corrected chi connectivity index (χ0v) is 11.9. The van der Waals surface area contributed by atoms with Gasteiger partial charge in [-0.1, -0.05) is 23.2 Å². The molecule has 1 amide bonds. The molecule has 0 bridgehead atoms. The molecule has 20 heavy (non-hydrogen) atoms. The van der Waals surface area contributed by atoms with E-state index in [1.165, 1.54) is 31.4 Å². The molecular formula is C13H10Cl2N2O3. The molecule has 1 aromatic heterocycles. The largest absolute Gasteiger partial charge is 0.504 e. The Morgan fingerprint density at radius 2 is 1.90 bits per heavy atom. The Hall–Kier alpha value is -1.98. The first-order valence-corrected chi connectivity index (χ1v) is 6.26. The molecule has 104 valence electrons. The van der Waals surface area contributed by atoms with Gasteiger partial charge in [-0.05, 0) is 24.3 Å². The van der Waals surface area contributed by atoms with Gasteiger partial charge in [-0.2, -0.15) is 0 Å². The Balaban J connectivity index is 2.21. The highest BCUT2D eigenvalue weighted by Gasteiger charge is 2.10. The lowest BCUT2D eigenvalue weighted by atomic mass is 10.2. The molecule has 2 rings (SSSR count). The zero-order chi connectivity index (χ0) is 14.7. The minimum atomic E-state index is -0.416. The number of ether oxygens (including phenoxy) is 1. The van der Waals surface area contributed by atoms with E-state index >= 15 is 0 Å². The van der Waals surface area contributed by atoms with Crippen LogP contribution in [0, 0.1) is 0 Å². The number of phenols is 1. The van der Waals surface area contributed by atoms with E-state index in [9.17, 15) is 9.90 Å². The summed E-state index contributed by atoms with van der Waals surface area (Å²) in [6.45, 7) is 0. The van der Waals surface area contributed by atoms with Gasteiger partial charge in [-0.15, -0.1) is 0 Å². The molecule has 0 radical (unpaired) electrons. The number of phenolic OH excluding ortho intramolecular Hbond substituents is 1. The number of pyridine rings is 1. The molecular weight excluding hydrogens is 303 g/mol. The summed E-state index contributed by atoms with van der Waals surface area (Å²) in [7, 11) is 1.44. The number of carbonyl (C=O) groups is 1. The van der Waals surface area contributed by atoms with E-state index in [2.05, 4.69) is 10.3 Å². The van der Waals surface area contributed by atoms with E-state index in [-0.39, 0.29) is 21.6 Å². The quantitative estimate of drug-likeness (QED) is 0.852. The topological polar surface area (TPSA) is 71.5 Å². The first-order chi connectivity index (χ1) is 9.49. The van der Waals surface area contributed by atoms with E-state index in [0.29, 0.717) is 11.4 Å². The Morgan fingerprint density at radius 3 is 2.45 bits per heavy atom. The van der Waals surface area contributed by atoms with E-state index < -0.39 is 5.91 Å². The maximum atomic E-state index is 12.0. The second-order valence-electron chi connectivity index (χ2n) is 3.84. The summed E-state index contributed by atoms with van der Waals surface area (Å²) in [6.07, 6.45) is 0. The number of hydrogen-bond acceptors (Lipinski definition) is 4. The number of nitrogens with one attached hydrogen (secondary N) is 1. The summed E-state index contributed by atoms with van der Waals surface area (Å²) in [5, 5.41) is 12.5. The second-order valence-corrected chi connectivity index (χ2v) is 4.62. The molecule has 0 aliphatic rings. The predicted octanol–water partition coefficient (Wildman–Crippen LogP) is 3.35. The Labute approximate surface area is 125 Å². The fraction of sp³-hybridized carbons (Fsp3) is 0.0769. The number of carbonyl (C=O) groups excluding carboxylic acids is 1. The number of hydrogen-bond donors (Lipinski definition) is 2. The smallest absolute Gasteiger partial charge is 0.255 e. The van der Waals surface area contributed by atoms with Crippen molar-refractivity contribution in [2.75, 3.05) is 12.4 Å². The van der Waals surface area contributed by atoms with Crippen LogP contribution in [0.1, 0.15) is 10.4 Å². The van der Waals surface area contributed by atoms with Crippen molar-refractivity contribution in [3.8, 4) is 11.5 Å². The molecule has 0 atom stereocenters. The van der Waals surface area contributed by atoms with Gasteiger partial charge in [0, 0.05) is 17.3 Å². The van der Waals surface area contributed by atoms with Crippen LogP contribution in [-0.4, -0.2) is 23.1 Å². The summed E-state index contributed by atoms with van der Waals surface area (Å²) in [5.41, 5.74) is 0.683. The van der Waals surface area contributed by atoms with Crippen LogP contribution < -0.4 is 10.1 Å². The van der Waals surface area contributed by atoms with Gasteiger partial charge in [0.05, 0.1) is 7.11 Å². The maximum Gasteiger partial charge on any atom is 0.255 e. The van der Waals surface area contributed by atoms with Gasteiger partial charge in [0.25, 0.3) is 5.91 Å². The van der Waals surface area contributed by atoms with Crippen molar-refractivity contribution in [3.63, 3.8) is 0 Å². The molecule has 0 spiro atoms. The first kappa shape index (κ1) is 14.4. The second kappa shape index (κ2) is 5.98. The van der Waals surface area contributed by atoms with E-state index in [0.717, 1.165) is 0 Å². The summed E-state index contributed by atoms with van der Waals surface area (Å²) >= 11 is 11.5. The average Bonchev–Trinajstić information content (AvgIpc) is 2.37. The van der Waals surface area contributed by atoms with Crippen LogP contribution in [0.25, 0.3) is 0 Å². The normalized spacial score (nSPS) is 10.2. The van der Waals surface area contributed by atoms with E-state index in [4.69, 9.17) is 27.9 Å². The number of aromatic nitrogens is 1. The standard InChI is InChI=1S/C13H10Cl2N2O3/c1-20-10-3-2-8(6-9(10)18)16-13(19)7-4-11(14)17-12(15)5-7/h2-6,18H,1H3,(H,16,19). The Kier molecular flexibility index (Phi) is 4.32. The molecule has 0 saturated heterocycles. The number of methoxy groups -OCH3 is 1. The van der Waals surface area contributed by atoms with Crippen LogP contribution in [0.15, 0.2) is 30.3 Å². The fourth-order valence-electron chi connectivity index (χ4n) is 1.57. The molecule has 0 unspecified atom stereocenters. The van der Waals surface area contributed by atoms with Gasteiger partial charge in [0.2, 0.25) is 0 Å². The molecule has 7 heteroatoms. The van der Waals surface area contributed by atoms with Crippen molar-refractivity contribution in [3.05, 3.63) is 46.2 Å². The van der Waals surface area contributed by atoms with Crippen LogP contribution in [0.3, 0.4) is 0 Å². The zero-order valence-electron chi connectivity index (χ0n) is 10.4. The van der Waals surface area contributed by atoms with Crippen molar-refractivity contribution in [2.45, 2.75) is 0 Å². The van der Waals surface area contributed by atoms with Gasteiger partial charge in [-0.25, -0.2) is 4.98 Å². The van der Waals surface area contributed by atoms with Crippen LogP contribution in [-0.2, 0) is 0 Å². The molecule has 5 nitrogen and oxygen atoms in total. The lowest BCUT2D eigenvalue weighted by Gasteiger charge is -2.08. The summed E-state index contributed by atoms with van der Waals surface area (Å²) in [5.74, 6) is -0.171. The molecule has 0 saturated carbocycles. The third kappa shape index (κ3) is 3.31. The van der Waals surface area contributed by atoms with Gasteiger partial charge in [-0.3, -0.25) is 4.79 Å². The summed E-state index contributed by atoms with van der Waals surface area (Å²) in [4.78, 5) is 15.8. The Morgan fingerprint density at radius 1 is 1.25 bits per heavy atom. The fourth-order valence-corrected chi connectivity index (χ4v) is 2.03. The number of rotatable bonds is 3. The lowest BCUT2D eigenvalue weighted by molar-refractivity contribution is 0.102. The number of anilines is 1. The monoisotopic (exact) mass is 312 g/mol. The van der Waals surface area contributed by atoms with Crippen LogP contribution >= 0.6 is 23.2 Å². The minimum Gasteiger partial charge on any atom is -0.504 e. The van der Waals surface area contributed by atoms with Crippen molar-refractivity contribution < 1.29 is 14.6 Å². The van der Waals surface area contributed by atoms with Crippen LogP contribution in [0.5, 0.6) is 11.5 Å². The highest BCUT2D eigenvalue weighted by Crippen LogP contribution is 2.28.